The van der Waals surface area contributed by atoms with Crippen molar-refractivity contribution in [2.75, 3.05) is 0 Å². The van der Waals surface area contributed by atoms with Crippen molar-refractivity contribution in [3.05, 3.63) is 23.7 Å². The van der Waals surface area contributed by atoms with Gasteiger partial charge in [0.05, 0.1) is 6.10 Å². The lowest BCUT2D eigenvalue weighted by Gasteiger charge is -2.36. The number of rotatable bonds is 1. The summed E-state index contributed by atoms with van der Waals surface area (Å²) >= 11 is 0. The highest BCUT2D eigenvalue weighted by atomic mass is 16.4. The Kier molecular flexibility index (Phi) is 3.75. The Morgan fingerprint density at radius 1 is 1.32 bits per heavy atom. The second-order valence-electron chi connectivity index (χ2n) is 6.70. The van der Waals surface area contributed by atoms with Crippen molar-refractivity contribution in [2.45, 2.75) is 63.3 Å². The molecule has 0 radical (unpaired) electrons. The average molecular weight is 303 g/mol. The van der Waals surface area contributed by atoms with Crippen molar-refractivity contribution in [3.8, 4) is 11.8 Å². The zero-order valence-corrected chi connectivity index (χ0v) is 12.9. The maximum atomic E-state index is 12.6. The fourth-order valence-corrected chi connectivity index (χ4v) is 3.34. The summed E-state index contributed by atoms with van der Waals surface area (Å²) in [5.41, 5.74) is -1.10. The van der Waals surface area contributed by atoms with E-state index in [1.54, 1.807) is 26.0 Å². The smallest absolute Gasteiger partial charge is 0.290 e. The molecule has 2 aliphatic rings. The van der Waals surface area contributed by atoms with Gasteiger partial charge in [0.2, 0.25) is 0 Å². The van der Waals surface area contributed by atoms with E-state index in [0.29, 0.717) is 18.6 Å². The van der Waals surface area contributed by atoms with Gasteiger partial charge in [0.25, 0.3) is 5.91 Å². The van der Waals surface area contributed by atoms with Crippen LogP contribution in [-0.4, -0.2) is 44.8 Å². The third-order valence-corrected chi connectivity index (χ3v) is 4.25. The topological polar surface area (TPSA) is 73.9 Å². The quantitative estimate of drug-likeness (QED) is 0.772. The molecular weight excluding hydrogens is 282 g/mol. The summed E-state index contributed by atoms with van der Waals surface area (Å²) in [6.45, 7) is 3.18. The van der Waals surface area contributed by atoms with Crippen LogP contribution < -0.4 is 0 Å². The van der Waals surface area contributed by atoms with E-state index < -0.39 is 5.60 Å². The van der Waals surface area contributed by atoms with Crippen LogP contribution in [0.4, 0.5) is 0 Å². The van der Waals surface area contributed by atoms with E-state index in [1.165, 1.54) is 0 Å². The summed E-state index contributed by atoms with van der Waals surface area (Å²) in [7, 11) is 0. The fraction of sp³-hybridized carbons (Fsp3) is 0.588. The van der Waals surface area contributed by atoms with Crippen molar-refractivity contribution in [2.24, 2.45) is 0 Å². The zero-order chi connectivity index (χ0) is 15.9. The van der Waals surface area contributed by atoms with E-state index in [1.807, 2.05) is 4.90 Å². The molecule has 3 atom stereocenters. The maximum absolute atomic E-state index is 12.6. The van der Waals surface area contributed by atoms with Gasteiger partial charge in [-0.15, -0.1) is 0 Å². The molecule has 2 aliphatic heterocycles. The first-order valence-corrected chi connectivity index (χ1v) is 7.69. The van der Waals surface area contributed by atoms with E-state index in [0.717, 1.165) is 12.8 Å². The molecule has 2 saturated heterocycles. The average Bonchev–Trinajstić information content (AvgIpc) is 2.99. The van der Waals surface area contributed by atoms with Crippen molar-refractivity contribution in [1.82, 2.24) is 4.90 Å². The minimum absolute atomic E-state index is 0.109. The minimum atomic E-state index is -1.10. The van der Waals surface area contributed by atoms with Gasteiger partial charge < -0.3 is 19.5 Å². The van der Waals surface area contributed by atoms with Gasteiger partial charge in [0.1, 0.15) is 5.60 Å². The van der Waals surface area contributed by atoms with Crippen LogP contribution in [0.25, 0.3) is 0 Å². The molecule has 1 amide bonds. The summed E-state index contributed by atoms with van der Waals surface area (Å²) < 4.78 is 5.51. The SMILES string of the molecule is CC(C)(O)C#Cc1ccc(C(=O)N2[C@@H]3CC[C@H]2CC(O)C3)o1. The number of carbonyl (C=O) groups excluding carboxylic acids is 1. The maximum Gasteiger partial charge on any atom is 0.290 e. The van der Waals surface area contributed by atoms with Gasteiger partial charge in [-0.1, -0.05) is 5.92 Å². The molecule has 3 rings (SSSR count). The molecule has 0 saturated carbocycles. The van der Waals surface area contributed by atoms with Crippen LogP contribution in [0.15, 0.2) is 16.5 Å². The second-order valence-corrected chi connectivity index (χ2v) is 6.70. The van der Waals surface area contributed by atoms with Crippen molar-refractivity contribution in [1.29, 1.82) is 0 Å². The molecule has 3 heterocycles. The normalized spacial score (nSPS) is 27.5. The monoisotopic (exact) mass is 303 g/mol. The summed E-state index contributed by atoms with van der Waals surface area (Å²) in [5, 5.41) is 19.4. The Morgan fingerprint density at radius 3 is 2.55 bits per heavy atom. The fourth-order valence-electron chi connectivity index (χ4n) is 3.34. The number of hydrogen-bond acceptors (Lipinski definition) is 4. The molecule has 1 aromatic heterocycles. The first-order chi connectivity index (χ1) is 10.3. The largest absolute Gasteiger partial charge is 0.443 e. The first-order valence-electron chi connectivity index (χ1n) is 7.69. The van der Waals surface area contributed by atoms with E-state index in [-0.39, 0.29) is 29.9 Å². The van der Waals surface area contributed by atoms with E-state index in [2.05, 4.69) is 11.8 Å². The number of furan rings is 1. The second kappa shape index (κ2) is 5.45. The molecule has 0 aromatic carbocycles. The van der Waals surface area contributed by atoms with Crippen molar-refractivity contribution >= 4 is 5.91 Å². The first kappa shape index (κ1) is 15.1. The third-order valence-electron chi connectivity index (χ3n) is 4.25. The van der Waals surface area contributed by atoms with Gasteiger partial charge in [0.15, 0.2) is 11.5 Å². The highest BCUT2D eigenvalue weighted by Crippen LogP contribution is 2.36. The van der Waals surface area contributed by atoms with Gasteiger partial charge in [-0.05, 0) is 57.6 Å². The lowest BCUT2D eigenvalue weighted by molar-refractivity contribution is 0.0264. The number of fused-ring (bicyclic) bond motifs is 2. The standard InChI is InChI=1S/C17H21NO4/c1-17(2,21)8-7-14-5-6-15(22-14)16(20)18-11-3-4-12(18)10-13(19)9-11/h5-6,11-13,19,21H,3-4,9-10H2,1-2H3/t11-,12+,13?. The van der Waals surface area contributed by atoms with Gasteiger partial charge in [-0.2, -0.15) is 0 Å². The van der Waals surface area contributed by atoms with Crippen molar-refractivity contribution < 1.29 is 19.4 Å². The Balaban J connectivity index is 1.76. The van der Waals surface area contributed by atoms with Crippen LogP contribution in [-0.2, 0) is 0 Å². The van der Waals surface area contributed by atoms with E-state index in [4.69, 9.17) is 4.42 Å². The third kappa shape index (κ3) is 3.03. The minimum Gasteiger partial charge on any atom is -0.443 e. The lowest BCUT2D eigenvalue weighted by atomic mass is 9.99. The van der Waals surface area contributed by atoms with Crippen LogP contribution >= 0.6 is 0 Å². The number of carbonyl (C=O) groups is 1. The van der Waals surface area contributed by atoms with Gasteiger partial charge in [-0.3, -0.25) is 4.79 Å². The summed E-state index contributed by atoms with van der Waals surface area (Å²) in [6.07, 6.45) is 2.88. The predicted molar refractivity (Wildman–Crippen MR) is 80.1 cm³/mol. The summed E-state index contributed by atoms with van der Waals surface area (Å²) in [4.78, 5) is 14.5. The molecule has 0 aliphatic carbocycles. The molecule has 1 unspecified atom stereocenters. The van der Waals surface area contributed by atoms with Crippen molar-refractivity contribution in [3.63, 3.8) is 0 Å². The number of nitrogens with zero attached hydrogens (tertiary/aromatic N) is 1. The molecule has 22 heavy (non-hydrogen) atoms. The van der Waals surface area contributed by atoms with Crippen LogP contribution in [0.3, 0.4) is 0 Å². The van der Waals surface area contributed by atoms with Crippen LogP contribution in [0.5, 0.6) is 0 Å². The lowest BCUT2D eigenvalue weighted by Crippen LogP contribution is -2.47. The van der Waals surface area contributed by atoms with Gasteiger partial charge >= 0.3 is 0 Å². The molecule has 1 aromatic rings. The molecular formula is C17H21NO4. The number of amides is 1. The van der Waals surface area contributed by atoms with Gasteiger partial charge in [-0.25, -0.2) is 0 Å². The molecule has 0 spiro atoms. The molecule has 5 nitrogen and oxygen atoms in total. The molecule has 5 heteroatoms. The molecule has 118 valence electrons. The highest BCUT2D eigenvalue weighted by Gasteiger charge is 2.43. The van der Waals surface area contributed by atoms with E-state index in [9.17, 15) is 15.0 Å². The molecule has 2 fully saturated rings. The van der Waals surface area contributed by atoms with Crippen LogP contribution in [0, 0.1) is 11.8 Å². The van der Waals surface area contributed by atoms with E-state index >= 15 is 0 Å². The zero-order valence-electron chi connectivity index (χ0n) is 12.9. The number of hydrogen-bond donors (Lipinski definition) is 2. The van der Waals surface area contributed by atoms with Crippen LogP contribution in [0.2, 0.25) is 0 Å². The number of aliphatic hydroxyl groups is 2. The van der Waals surface area contributed by atoms with Crippen LogP contribution in [0.1, 0.15) is 55.8 Å². The number of piperidine rings is 1. The summed E-state index contributed by atoms with van der Waals surface area (Å²) in [6, 6.07) is 3.49. The summed E-state index contributed by atoms with van der Waals surface area (Å²) in [5.74, 6) is 5.90. The molecule has 2 N–H and O–H groups in total. The predicted octanol–water partition coefficient (Wildman–Crippen LogP) is 1.53. The van der Waals surface area contributed by atoms with Gasteiger partial charge in [0, 0.05) is 12.1 Å². The Morgan fingerprint density at radius 2 is 1.95 bits per heavy atom. The molecule has 2 bridgehead atoms. The Labute approximate surface area is 129 Å². The number of aliphatic hydroxyl groups excluding tert-OH is 1. The Bertz CT molecular complexity index is 617. The highest BCUT2D eigenvalue weighted by molar-refractivity contribution is 5.92. The Hall–Kier alpha value is -1.77.